The van der Waals surface area contributed by atoms with Crippen LogP contribution in [0.1, 0.15) is 79.1 Å². The lowest BCUT2D eigenvalue weighted by molar-refractivity contribution is -0.214. The van der Waals surface area contributed by atoms with E-state index in [0.717, 1.165) is 50.2 Å². The van der Waals surface area contributed by atoms with Gasteiger partial charge in [-0.05, 0) is 80.5 Å². The van der Waals surface area contributed by atoms with Gasteiger partial charge in [0.05, 0.1) is 13.2 Å². The molecule has 0 radical (unpaired) electrons. The third-order valence-electron chi connectivity index (χ3n) is 9.88. The molecule has 0 N–H and O–H groups in total. The van der Waals surface area contributed by atoms with E-state index in [2.05, 4.69) is 26.8 Å². The number of allylic oxidation sites excluding steroid dienone is 1. The number of carbonyl (C=O) groups is 1. The van der Waals surface area contributed by atoms with Gasteiger partial charge in [-0.3, -0.25) is 4.79 Å². The summed E-state index contributed by atoms with van der Waals surface area (Å²) in [4.78, 5) is 11.4. The summed E-state index contributed by atoms with van der Waals surface area (Å²) in [6, 6.07) is 0. The second kappa shape index (κ2) is 6.82. The molecule has 0 bridgehead atoms. The van der Waals surface area contributed by atoms with Gasteiger partial charge in [0.2, 0.25) is 0 Å². The first-order chi connectivity index (χ1) is 13.8. The van der Waals surface area contributed by atoms with Crippen LogP contribution in [0.15, 0.2) is 11.6 Å². The van der Waals surface area contributed by atoms with E-state index in [-0.39, 0.29) is 17.9 Å². The quantitative estimate of drug-likeness (QED) is 0.467. The lowest BCUT2D eigenvalue weighted by Gasteiger charge is -2.58. The molecule has 4 fully saturated rings. The maximum Gasteiger partial charge on any atom is 0.302 e. The number of carbonyl (C=O) groups excluding carboxylic acids is 1. The van der Waals surface area contributed by atoms with Gasteiger partial charge in [0.25, 0.3) is 0 Å². The highest BCUT2D eigenvalue weighted by molar-refractivity contribution is 5.66. The van der Waals surface area contributed by atoms with Crippen LogP contribution in [0, 0.1) is 34.5 Å². The Bertz CT molecular complexity index is 708. The molecule has 0 spiro atoms. The number of rotatable bonds is 2. The largest absolute Gasteiger partial charge is 0.462 e. The van der Waals surface area contributed by atoms with Gasteiger partial charge >= 0.3 is 5.97 Å². The fourth-order valence-corrected chi connectivity index (χ4v) is 8.56. The number of ether oxygens (including phenoxy) is 3. The van der Waals surface area contributed by atoms with Crippen molar-refractivity contribution in [3.05, 3.63) is 11.6 Å². The van der Waals surface area contributed by atoms with E-state index in [1.54, 1.807) is 5.57 Å². The first kappa shape index (κ1) is 20.1. The highest BCUT2D eigenvalue weighted by Crippen LogP contribution is 2.68. The molecule has 0 aromatic heterocycles. The van der Waals surface area contributed by atoms with Crippen LogP contribution in [0.25, 0.3) is 0 Å². The molecule has 1 aliphatic heterocycles. The van der Waals surface area contributed by atoms with Gasteiger partial charge in [-0.25, -0.2) is 0 Å². The third-order valence-corrected chi connectivity index (χ3v) is 9.88. The van der Waals surface area contributed by atoms with Gasteiger partial charge in [-0.15, -0.1) is 0 Å². The average molecular weight is 403 g/mol. The van der Waals surface area contributed by atoms with Crippen molar-refractivity contribution in [2.24, 2.45) is 34.5 Å². The minimum atomic E-state index is -0.377. The van der Waals surface area contributed by atoms with Crippen molar-refractivity contribution in [2.75, 3.05) is 13.2 Å². The molecule has 5 rings (SSSR count). The van der Waals surface area contributed by atoms with Crippen LogP contribution < -0.4 is 0 Å². The van der Waals surface area contributed by atoms with Crippen LogP contribution >= 0.6 is 0 Å². The molecule has 1 saturated heterocycles. The van der Waals surface area contributed by atoms with E-state index < -0.39 is 0 Å². The molecule has 0 unspecified atom stereocenters. The highest BCUT2D eigenvalue weighted by atomic mass is 16.7. The van der Waals surface area contributed by atoms with Gasteiger partial charge in [-0.2, -0.15) is 0 Å². The number of hydrogen-bond donors (Lipinski definition) is 0. The summed E-state index contributed by atoms with van der Waals surface area (Å²) in [6.45, 7) is 10.3. The summed E-state index contributed by atoms with van der Waals surface area (Å²) in [5.41, 5.74) is 2.20. The van der Waals surface area contributed by atoms with Crippen LogP contribution in [0.2, 0.25) is 0 Å². The van der Waals surface area contributed by atoms with Crippen molar-refractivity contribution in [1.29, 1.82) is 0 Å². The SMILES string of the molecule is CC(=O)O[C@H]1CC[C@@]2(C)C(=CC[C@H]3[C@@H]4CC[C@H](C5(C)OCCO5)[C@@]4(C)CC[C@@H]32)C1. The van der Waals surface area contributed by atoms with Gasteiger partial charge in [0.15, 0.2) is 5.79 Å². The molecule has 0 aromatic carbocycles. The third kappa shape index (κ3) is 2.96. The Morgan fingerprint density at radius 2 is 1.79 bits per heavy atom. The van der Waals surface area contributed by atoms with E-state index in [9.17, 15) is 4.79 Å². The van der Waals surface area contributed by atoms with Crippen molar-refractivity contribution >= 4 is 5.97 Å². The summed E-state index contributed by atoms with van der Waals surface area (Å²) in [5.74, 6) is 2.33. The fourth-order valence-electron chi connectivity index (χ4n) is 8.56. The molecule has 3 saturated carbocycles. The van der Waals surface area contributed by atoms with E-state index in [4.69, 9.17) is 14.2 Å². The molecule has 5 aliphatic rings. The predicted molar refractivity (Wildman–Crippen MR) is 111 cm³/mol. The molecule has 7 atom stereocenters. The van der Waals surface area contributed by atoms with Crippen molar-refractivity contribution in [3.8, 4) is 0 Å². The van der Waals surface area contributed by atoms with E-state index >= 15 is 0 Å². The number of esters is 1. The van der Waals surface area contributed by atoms with Gasteiger partial charge in [0, 0.05) is 19.3 Å². The zero-order valence-corrected chi connectivity index (χ0v) is 18.7. The maximum absolute atomic E-state index is 11.4. The Labute approximate surface area is 175 Å². The lowest BCUT2D eigenvalue weighted by atomic mass is 9.47. The smallest absolute Gasteiger partial charge is 0.302 e. The van der Waals surface area contributed by atoms with Crippen molar-refractivity contribution < 1.29 is 19.0 Å². The van der Waals surface area contributed by atoms with Gasteiger partial charge in [-0.1, -0.05) is 25.5 Å². The molecule has 4 nitrogen and oxygen atoms in total. The molecule has 4 heteroatoms. The summed E-state index contributed by atoms with van der Waals surface area (Å²) >= 11 is 0. The Morgan fingerprint density at radius 3 is 2.52 bits per heavy atom. The first-order valence-electron chi connectivity index (χ1n) is 11.9. The highest BCUT2D eigenvalue weighted by Gasteiger charge is 2.62. The summed E-state index contributed by atoms with van der Waals surface area (Å²) in [7, 11) is 0. The zero-order valence-electron chi connectivity index (χ0n) is 18.7. The van der Waals surface area contributed by atoms with E-state index in [1.165, 1.54) is 39.0 Å². The monoisotopic (exact) mass is 402 g/mol. The van der Waals surface area contributed by atoms with Crippen LogP contribution in [-0.4, -0.2) is 31.1 Å². The normalized spacial score (nSPS) is 48.3. The second-order valence-electron chi connectivity index (χ2n) is 11.1. The fraction of sp³-hybridized carbons (Fsp3) is 0.880. The summed E-state index contributed by atoms with van der Waals surface area (Å²) in [6.07, 6.45) is 12.1. The molecule has 162 valence electrons. The summed E-state index contributed by atoms with van der Waals surface area (Å²) in [5, 5.41) is 0. The van der Waals surface area contributed by atoms with E-state index in [1.807, 2.05) is 0 Å². The zero-order chi connectivity index (χ0) is 20.4. The van der Waals surface area contributed by atoms with Crippen LogP contribution in [0.4, 0.5) is 0 Å². The molecule has 4 aliphatic carbocycles. The molecular weight excluding hydrogens is 364 g/mol. The molecule has 1 heterocycles. The predicted octanol–water partition coefficient (Wildman–Crippen LogP) is 5.26. The first-order valence-corrected chi connectivity index (χ1v) is 11.9. The van der Waals surface area contributed by atoms with Crippen molar-refractivity contribution in [2.45, 2.75) is 91.0 Å². The molecule has 0 amide bonds. The number of hydrogen-bond acceptors (Lipinski definition) is 4. The Kier molecular flexibility index (Phi) is 4.71. The second-order valence-corrected chi connectivity index (χ2v) is 11.1. The molecule has 0 aromatic rings. The topological polar surface area (TPSA) is 44.8 Å². The van der Waals surface area contributed by atoms with Crippen LogP contribution in [0.5, 0.6) is 0 Å². The average Bonchev–Trinajstić information content (AvgIpc) is 3.25. The minimum Gasteiger partial charge on any atom is -0.462 e. The van der Waals surface area contributed by atoms with Crippen molar-refractivity contribution in [3.63, 3.8) is 0 Å². The van der Waals surface area contributed by atoms with Crippen LogP contribution in [-0.2, 0) is 19.0 Å². The Hall–Kier alpha value is -0.870. The van der Waals surface area contributed by atoms with Gasteiger partial charge < -0.3 is 14.2 Å². The van der Waals surface area contributed by atoms with Crippen molar-refractivity contribution in [1.82, 2.24) is 0 Å². The maximum atomic E-state index is 11.4. The van der Waals surface area contributed by atoms with E-state index in [0.29, 0.717) is 16.7 Å². The Balaban J connectivity index is 1.39. The lowest BCUT2D eigenvalue weighted by Crippen LogP contribution is -2.53. The number of fused-ring (bicyclic) bond motifs is 5. The standard InChI is InChI=1S/C25H38O4/c1-16(26)29-18-9-11-23(2)17(15-18)5-6-19-20-7-8-22(25(4)27-13-14-28-25)24(20,3)12-10-21(19)23/h5,18-22H,6-15H2,1-4H3/t18-,19-,20-,21-,22-,23-,24-/m0/s1. The molecular formula is C25H38O4. The van der Waals surface area contributed by atoms with Gasteiger partial charge in [0.1, 0.15) is 6.10 Å². The Morgan fingerprint density at radius 1 is 1.03 bits per heavy atom. The molecule has 29 heavy (non-hydrogen) atoms. The van der Waals surface area contributed by atoms with Crippen LogP contribution in [0.3, 0.4) is 0 Å². The minimum absolute atomic E-state index is 0.0877. The summed E-state index contributed by atoms with van der Waals surface area (Å²) < 4.78 is 17.9.